The number of halogens is 1. The van der Waals surface area contributed by atoms with E-state index in [2.05, 4.69) is 22.9 Å². The predicted octanol–water partition coefficient (Wildman–Crippen LogP) is 3.01. The molecule has 0 saturated heterocycles. The third-order valence-electron chi connectivity index (χ3n) is 2.76. The first-order chi connectivity index (χ1) is 9.58. The molecule has 0 aromatic heterocycles. The second kappa shape index (κ2) is 8.43. The highest BCUT2D eigenvalue weighted by atomic mass is 35.5. The van der Waals surface area contributed by atoms with Gasteiger partial charge in [0.05, 0.1) is 10.6 Å². The van der Waals surface area contributed by atoms with Gasteiger partial charge in [0, 0.05) is 19.3 Å². The molecular weight excluding hydrogens is 278 g/mol. The molecule has 20 heavy (non-hydrogen) atoms. The van der Waals surface area contributed by atoms with Gasteiger partial charge in [0.2, 0.25) is 0 Å². The Bertz CT molecular complexity index is 477. The molecule has 0 bridgehead atoms. The normalized spacial score (nSPS) is 9.95. The fraction of sp³-hybridized carbons (Fsp3) is 0.429. The zero-order valence-corrected chi connectivity index (χ0v) is 12.5. The van der Waals surface area contributed by atoms with Crippen LogP contribution < -0.4 is 16.0 Å². The average molecular weight is 298 g/mol. The highest BCUT2D eigenvalue weighted by Crippen LogP contribution is 2.20. The van der Waals surface area contributed by atoms with Crippen LogP contribution in [0.15, 0.2) is 18.2 Å². The van der Waals surface area contributed by atoms with Crippen LogP contribution in [0.3, 0.4) is 0 Å². The summed E-state index contributed by atoms with van der Waals surface area (Å²) in [7, 11) is 1.54. The summed E-state index contributed by atoms with van der Waals surface area (Å²) in [4.78, 5) is 23.1. The van der Waals surface area contributed by atoms with E-state index in [4.69, 9.17) is 11.6 Å². The standard InChI is InChI=1S/C14H20ClN3O2/c1-3-4-5-8-17-14(20)18-10-6-7-11(12(15)9-10)13(19)16-2/h6-7,9H,3-5,8H2,1-2H3,(H,16,19)(H2,17,18,20). The van der Waals surface area contributed by atoms with Crippen LogP contribution in [0.25, 0.3) is 0 Å². The van der Waals surface area contributed by atoms with Crippen molar-refractivity contribution in [3.8, 4) is 0 Å². The van der Waals surface area contributed by atoms with Gasteiger partial charge in [0.15, 0.2) is 0 Å². The SMILES string of the molecule is CCCCCNC(=O)Nc1ccc(C(=O)NC)c(Cl)c1. The molecular formula is C14H20ClN3O2. The van der Waals surface area contributed by atoms with Gasteiger partial charge in [-0.2, -0.15) is 0 Å². The summed E-state index contributed by atoms with van der Waals surface area (Å²) in [6, 6.07) is 4.50. The van der Waals surface area contributed by atoms with Gasteiger partial charge in [0.1, 0.15) is 0 Å². The first-order valence-electron chi connectivity index (χ1n) is 6.65. The van der Waals surface area contributed by atoms with E-state index < -0.39 is 0 Å². The van der Waals surface area contributed by atoms with Crippen molar-refractivity contribution in [2.24, 2.45) is 0 Å². The van der Waals surface area contributed by atoms with Crippen LogP contribution in [0.4, 0.5) is 10.5 Å². The van der Waals surface area contributed by atoms with E-state index in [0.717, 1.165) is 19.3 Å². The molecule has 0 fully saturated rings. The number of hydrogen-bond acceptors (Lipinski definition) is 2. The molecule has 1 aromatic rings. The number of rotatable bonds is 6. The average Bonchev–Trinajstić information content (AvgIpc) is 2.43. The summed E-state index contributed by atoms with van der Waals surface area (Å²) in [6.45, 7) is 2.75. The van der Waals surface area contributed by atoms with Crippen molar-refractivity contribution >= 4 is 29.2 Å². The van der Waals surface area contributed by atoms with Crippen LogP contribution in [0.1, 0.15) is 36.5 Å². The van der Waals surface area contributed by atoms with Crippen molar-refractivity contribution in [1.29, 1.82) is 0 Å². The van der Waals surface area contributed by atoms with E-state index in [9.17, 15) is 9.59 Å². The van der Waals surface area contributed by atoms with Gasteiger partial charge >= 0.3 is 6.03 Å². The van der Waals surface area contributed by atoms with Gasteiger partial charge in [-0.05, 0) is 24.6 Å². The molecule has 5 nitrogen and oxygen atoms in total. The maximum atomic E-state index is 11.6. The Kier molecular flexibility index (Phi) is 6.87. The lowest BCUT2D eigenvalue weighted by atomic mass is 10.2. The molecule has 0 unspecified atom stereocenters. The molecule has 6 heteroatoms. The predicted molar refractivity (Wildman–Crippen MR) is 81.4 cm³/mol. The Morgan fingerprint density at radius 3 is 2.60 bits per heavy atom. The Balaban J connectivity index is 2.54. The summed E-state index contributed by atoms with van der Waals surface area (Å²) >= 11 is 6.00. The Labute approximate surface area is 124 Å². The lowest BCUT2D eigenvalue weighted by Crippen LogP contribution is -2.29. The molecule has 0 saturated carbocycles. The smallest absolute Gasteiger partial charge is 0.319 e. The summed E-state index contributed by atoms with van der Waals surface area (Å²) in [6.07, 6.45) is 3.16. The quantitative estimate of drug-likeness (QED) is 0.706. The van der Waals surface area contributed by atoms with E-state index in [0.29, 0.717) is 22.8 Å². The fourth-order valence-corrected chi connectivity index (χ4v) is 1.93. The van der Waals surface area contributed by atoms with Crippen LogP contribution in [-0.4, -0.2) is 25.5 Å². The van der Waals surface area contributed by atoms with Crippen molar-refractivity contribution in [2.75, 3.05) is 18.9 Å². The monoisotopic (exact) mass is 297 g/mol. The molecule has 0 aliphatic rings. The minimum atomic E-state index is -0.273. The number of nitrogens with one attached hydrogen (secondary N) is 3. The molecule has 0 radical (unpaired) electrons. The van der Waals surface area contributed by atoms with Gasteiger partial charge in [0.25, 0.3) is 5.91 Å². The van der Waals surface area contributed by atoms with Gasteiger partial charge in [-0.15, -0.1) is 0 Å². The molecule has 0 atom stereocenters. The number of amides is 3. The van der Waals surface area contributed by atoms with Crippen LogP contribution in [0.5, 0.6) is 0 Å². The molecule has 1 rings (SSSR count). The molecule has 3 amide bonds. The van der Waals surface area contributed by atoms with E-state index in [1.54, 1.807) is 18.2 Å². The van der Waals surface area contributed by atoms with Crippen LogP contribution in [0, 0.1) is 0 Å². The molecule has 0 spiro atoms. The van der Waals surface area contributed by atoms with E-state index >= 15 is 0 Å². The Morgan fingerprint density at radius 1 is 1.25 bits per heavy atom. The molecule has 3 N–H and O–H groups in total. The van der Waals surface area contributed by atoms with Crippen molar-refractivity contribution in [2.45, 2.75) is 26.2 Å². The number of hydrogen-bond donors (Lipinski definition) is 3. The highest BCUT2D eigenvalue weighted by molar-refractivity contribution is 6.34. The van der Waals surface area contributed by atoms with Gasteiger partial charge in [-0.1, -0.05) is 31.4 Å². The largest absolute Gasteiger partial charge is 0.355 e. The zero-order chi connectivity index (χ0) is 15.0. The third-order valence-corrected chi connectivity index (χ3v) is 3.08. The maximum Gasteiger partial charge on any atom is 0.319 e. The number of benzene rings is 1. The molecule has 110 valence electrons. The number of anilines is 1. The number of carbonyl (C=O) groups is 2. The van der Waals surface area contributed by atoms with Gasteiger partial charge in [-0.3, -0.25) is 4.79 Å². The van der Waals surface area contributed by atoms with Gasteiger partial charge < -0.3 is 16.0 Å². The summed E-state index contributed by atoms with van der Waals surface area (Å²) in [5.41, 5.74) is 0.929. The van der Waals surface area contributed by atoms with Crippen molar-refractivity contribution in [3.05, 3.63) is 28.8 Å². The minimum absolute atomic E-state index is 0.259. The van der Waals surface area contributed by atoms with E-state index in [1.165, 1.54) is 7.05 Å². The summed E-state index contributed by atoms with van der Waals surface area (Å²) < 4.78 is 0. The number of unbranched alkanes of at least 4 members (excludes halogenated alkanes) is 2. The van der Waals surface area contributed by atoms with Gasteiger partial charge in [-0.25, -0.2) is 4.79 Å². The second-order valence-electron chi connectivity index (χ2n) is 4.36. The third kappa shape index (κ3) is 5.09. The van der Waals surface area contributed by atoms with Crippen LogP contribution in [-0.2, 0) is 0 Å². The van der Waals surface area contributed by atoms with Crippen molar-refractivity contribution in [3.63, 3.8) is 0 Å². The van der Waals surface area contributed by atoms with E-state index in [1.807, 2.05) is 0 Å². The van der Waals surface area contributed by atoms with Crippen molar-refractivity contribution < 1.29 is 9.59 Å². The first-order valence-corrected chi connectivity index (χ1v) is 7.02. The topological polar surface area (TPSA) is 70.2 Å². The maximum absolute atomic E-state index is 11.6. The number of urea groups is 1. The van der Waals surface area contributed by atoms with Crippen LogP contribution >= 0.6 is 11.6 Å². The molecule has 0 heterocycles. The second-order valence-corrected chi connectivity index (χ2v) is 4.77. The molecule has 1 aromatic carbocycles. The zero-order valence-electron chi connectivity index (χ0n) is 11.8. The highest BCUT2D eigenvalue weighted by Gasteiger charge is 2.10. The Hall–Kier alpha value is -1.75. The number of carbonyl (C=O) groups excluding carboxylic acids is 2. The minimum Gasteiger partial charge on any atom is -0.355 e. The summed E-state index contributed by atoms with van der Waals surface area (Å²) in [5.74, 6) is -0.259. The molecule has 0 aliphatic heterocycles. The van der Waals surface area contributed by atoms with Crippen molar-refractivity contribution in [1.82, 2.24) is 10.6 Å². The lowest BCUT2D eigenvalue weighted by molar-refractivity contribution is 0.0963. The van der Waals surface area contributed by atoms with E-state index in [-0.39, 0.29) is 11.9 Å². The molecule has 0 aliphatic carbocycles. The fourth-order valence-electron chi connectivity index (χ4n) is 1.66. The Morgan fingerprint density at radius 2 is 2.00 bits per heavy atom. The first kappa shape index (κ1) is 16.3. The van der Waals surface area contributed by atoms with Crippen LogP contribution in [0.2, 0.25) is 5.02 Å². The summed E-state index contributed by atoms with van der Waals surface area (Å²) in [5, 5.41) is 8.24. The lowest BCUT2D eigenvalue weighted by Gasteiger charge is -2.09.